The monoisotopic (exact) mass is 536 g/mol. The first kappa shape index (κ1) is 21.3. The van der Waals surface area contributed by atoms with E-state index in [1.165, 1.54) is 59.5 Å². The Morgan fingerprint density at radius 1 is 0.840 bits per heavy atom. The molecule has 2 aromatic rings. The molecular weight excluding hydrogens is 505 g/mol. The fourth-order valence-electron chi connectivity index (χ4n) is 2.88. The van der Waals surface area contributed by atoms with Crippen molar-refractivity contribution in [3.05, 3.63) is 60.2 Å². The summed E-state index contributed by atoms with van der Waals surface area (Å²) in [7, 11) is 0. The van der Waals surface area contributed by atoms with Crippen molar-refractivity contribution >= 4 is 41.2 Å². The third-order valence-corrected chi connectivity index (χ3v) is 16.7. The van der Waals surface area contributed by atoms with E-state index < -0.39 is 4.25 Å². The summed E-state index contributed by atoms with van der Waals surface area (Å²) in [4.78, 5) is 8.32. The van der Waals surface area contributed by atoms with E-state index in [1.807, 2.05) is 24.8 Å². The van der Waals surface area contributed by atoms with E-state index in [1.54, 1.807) is 0 Å². The Morgan fingerprint density at radius 2 is 1.32 bits per heavy atom. The average molecular weight is 535 g/mol. The molecule has 0 fully saturated rings. The number of nitrogens with zero attached hydrogens (tertiary/aromatic N) is 2. The molecule has 2 rings (SSSR count). The summed E-state index contributed by atoms with van der Waals surface area (Å²) in [6.07, 6.45) is 15.6. The molecule has 0 atom stereocenters. The first-order chi connectivity index (χ1) is 12.0. The first-order valence-corrected chi connectivity index (χ1v) is 17.5. The topological polar surface area (TPSA) is 25.8 Å². The molecule has 0 unspecified atom stereocenters. The Hall–Kier alpha value is -0.0205. The summed E-state index contributed by atoms with van der Waals surface area (Å²) in [5.41, 5.74) is 2.87. The zero-order valence-corrected chi connectivity index (χ0v) is 20.2. The summed E-state index contributed by atoms with van der Waals surface area (Å²) >= 11 is 3.75. The van der Waals surface area contributed by atoms with E-state index in [2.05, 4.69) is 69.9 Å². The van der Waals surface area contributed by atoms with E-state index >= 15 is 0 Å². The molecule has 0 spiro atoms. The van der Waals surface area contributed by atoms with Crippen LogP contribution in [0.2, 0.25) is 10.6 Å². The van der Waals surface area contributed by atoms with Gasteiger partial charge in [-0.15, -0.1) is 0 Å². The van der Waals surface area contributed by atoms with Gasteiger partial charge in [-0.2, -0.15) is 0 Å². The number of rotatable bonds is 11. The van der Waals surface area contributed by atoms with Gasteiger partial charge >= 0.3 is 173 Å². The van der Waals surface area contributed by atoms with Gasteiger partial charge in [0, 0.05) is 0 Å². The molecule has 0 bridgehead atoms. The predicted molar refractivity (Wildman–Crippen MR) is 123 cm³/mol. The van der Waals surface area contributed by atoms with Crippen LogP contribution in [0.15, 0.2) is 49.1 Å². The molecule has 25 heavy (non-hydrogen) atoms. The Bertz CT molecular complexity index is 575. The van der Waals surface area contributed by atoms with Crippen LogP contribution >= 0.6 is 26.3 Å². The molecule has 0 aliphatic heterocycles. The maximum absolute atomic E-state index is 4.16. The molecule has 0 aromatic carbocycles. The quantitative estimate of drug-likeness (QED) is 0.159. The third-order valence-electron chi connectivity index (χ3n) is 4.76. The molecule has 0 saturated carbocycles. The average Bonchev–Trinajstić information content (AvgIpc) is 2.65. The van der Waals surface area contributed by atoms with Crippen LogP contribution in [0.25, 0.3) is 0 Å². The van der Waals surface area contributed by atoms with Gasteiger partial charge in [0.2, 0.25) is 0 Å². The molecule has 0 aliphatic rings. The van der Waals surface area contributed by atoms with Crippen molar-refractivity contribution in [2.75, 3.05) is 25.2 Å². The number of aromatic nitrogens is 2. The van der Waals surface area contributed by atoms with E-state index in [0.717, 1.165) is 15.0 Å². The van der Waals surface area contributed by atoms with Gasteiger partial charge in [-0.3, -0.25) is 0 Å². The number of hydrogen-bond donors (Lipinski definition) is 0. The standard InChI is InChI=1S/C20H30IN2PSe/c1-3-17-25-18-16-24(2,21,14-8-19-4-10-22-11-5-19)15-9-20-6-12-23-13-7-20/h4-7,10-13H,3,8-9,14-18H2,1-2H3. The van der Waals surface area contributed by atoms with Crippen molar-refractivity contribution in [3.8, 4) is 0 Å². The Morgan fingerprint density at radius 3 is 1.76 bits per heavy atom. The summed E-state index contributed by atoms with van der Waals surface area (Å²) < 4.78 is -1.71. The van der Waals surface area contributed by atoms with Crippen LogP contribution in [0.3, 0.4) is 0 Å². The normalized spacial score (nSPS) is 13.3. The first-order valence-electron chi connectivity index (χ1n) is 9.08. The minimum atomic E-state index is -1.71. The molecular formula is C20H30IN2PSe. The number of halogens is 1. The summed E-state index contributed by atoms with van der Waals surface area (Å²) in [5.74, 6) is 0. The Kier molecular flexibility index (Phi) is 8.81. The van der Waals surface area contributed by atoms with Crippen LogP contribution in [0.5, 0.6) is 0 Å². The van der Waals surface area contributed by atoms with Crippen molar-refractivity contribution in [1.29, 1.82) is 0 Å². The third kappa shape index (κ3) is 8.03. The molecule has 5 heteroatoms. The number of aryl methyl sites for hydroxylation is 2. The molecule has 138 valence electrons. The Balaban J connectivity index is 2.02. The van der Waals surface area contributed by atoms with Crippen LogP contribution in [-0.2, 0) is 12.8 Å². The van der Waals surface area contributed by atoms with Crippen molar-refractivity contribution < 1.29 is 0 Å². The van der Waals surface area contributed by atoms with Crippen LogP contribution in [0, 0.1) is 0 Å². The van der Waals surface area contributed by atoms with Gasteiger partial charge in [-0.25, -0.2) is 0 Å². The van der Waals surface area contributed by atoms with Gasteiger partial charge in [0.25, 0.3) is 0 Å². The van der Waals surface area contributed by atoms with Gasteiger partial charge < -0.3 is 0 Å². The van der Waals surface area contributed by atoms with Gasteiger partial charge in [0.05, 0.1) is 0 Å². The van der Waals surface area contributed by atoms with E-state index in [9.17, 15) is 0 Å². The van der Waals surface area contributed by atoms with Crippen molar-refractivity contribution in [3.63, 3.8) is 0 Å². The maximum atomic E-state index is 4.16. The molecule has 0 aliphatic carbocycles. The Labute approximate surface area is 172 Å². The van der Waals surface area contributed by atoms with E-state index in [0.29, 0.717) is 0 Å². The van der Waals surface area contributed by atoms with Crippen LogP contribution in [0.1, 0.15) is 24.5 Å². The van der Waals surface area contributed by atoms with Crippen molar-refractivity contribution in [2.24, 2.45) is 0 Å². The fourth-order valence-corrected chi connectivity index (χ4v) is 15.5. The van der Waals surface area contributed by atoms with Crippen molar-refractivity contribution in [1.82, 2.24) is 9.97 Å². The molecule has 2 aromatic heterocycles. The molecule has 2 heterocycles. The summed E-state index contributed by atoms with van der Waals surface area (Å²) in [6, 6.07) is 8.71. The second-order valence-electron chi connectivity index (χ2n) is 7.14. The number of pyridine rings is 2. The number of hydrogen-bond acceptors (Lipinski definition) is 2. The minimum absolute atomic E-state index is 0.826. The summed E-state index contributed by atoms with van der Waals surface area (Å²) in [6.45, 7) is 4.95. The summed E-state index contributed by atoms with van der Waals surface area (Å²) in [5, 5.41) is 2.88. The van der Waals surface area contributed by atoms with E-state index in [4.69, 9.17) is 0 Å². The molecule has 0 saturated heterocycles. The van der Waals surface area contributed by atoms with Gasteiger partial charge in [0.1, 0.15) is 0 Å². The van der Waals surface area contributed by atoms with E-state index in [-0.39, 0.29) is 0 Å². The van der Waals surface area contributed by atoms with Crippen LogP contribution in [0.4, 0.5) is 0 Å². The zero-order valence-electron chi connectivity index (χ0n) is 15.4. The molecule has 0 radical (unpaired) electrons. The van der Waals surface area contributed by atoms with Gasteiger partial charge in [0.15, 0.2) is 0 Å². The second kappa shape index (κ2) is 10.3. The molecule has 0 N–H and O–H groups in total. The predicted octanol–water partition coefficient (Wildman–Crippen LogP) is 5.75. The van der Waals surface area contributed by atoms with Crippen molar-refractivity contribution in [2.45, 2.75) is 36.8 Å². The second-order valence-corrected chi connectivity index (χ2v) is 24.4. The van der Waals surface area contributed by atoms with Crippen LogP contribution < -0.4 is 0 Å². The van der Waals surface area contributed by atoms with Gasteiger partial charge in [-0.1, -0.05) is 0 Å². The zero-order chi connectivity index (χ0) is 18.0. The fraction of sp³-hybridized carbons (Fsp3) is 0.500. The van der Waals surface area contributed by atoms with Gasteiger partial charge in [-0.05, 0) is 0 Å². The molecule has 0 amide bonds. The molecule has 2 nitrogen and oxygen atoms in total. The SMILES string of the molecule is CCC[Se]CCP(C)(I)(CCc1ccncc1)CCc1ccncc1. The van der Waals surface area contributed by atoms with Crippen LogP contribution in [-0.4, -0.2) is 50.1 Å².